The Morgan fingerprint density at radius 1 is 1.30 bits per heavy atom. The zero-order valence-corrected chi connectivity index (χ0v) is 13.4. The van der Waals surface area contributed by atoms with E-state index in [2.05, 4.69) is 4.98 Å². The largest absolute Gasteiger partial charge is 0.465 e. The van der Waals surface area contributed by atoms with Crippen molar-refractivity contribution in [1.29, 1.82) is 0 Å². The van der Waals surface area contributed by atoms with Crippen molar-refractivity contribution in [1.82, 2.24) is 9.88 Å². The first-order chi connectivity index (χ1) is 11.0. The van der Waals surface area contributed by atoms with Gasteiger partial charge >= 0.3 is 5.97 Å². The molecule has 1 aromatic heterocycles. The van der Waals surface area contributed by atoms with E-state index in [1.807, 2.05) is 12.1 Å². The summed E-state index contributed by atoms with van der Waals surface area (Å²) in [5.41, 5.74) is 2.85. The molecule has 23 heavy (non-hydrogen) atoms. The number of carbonyl (C=O) groups is 2. The molecular weight excluding hydrogens is 296 g/mol. The summed E-state index contributed by atoms with van der Waals surface area (Å²) in [7, 11) is 1.37. The molecule has 120 valence electrons. The summed E-state index contributed by atoms with van der Waals surface area (Å²) in [4.78, 5) is 30.4. The van der Waals surface area contributed by atoms with Gasteiger partial charge in [0.25, 0.3) is 5.91 Å². The van der Waals surface area contributed by atoms with Gasteiger partial charge < -0.3 is 14.1 Å². The molecule has 0 saturated heterocycles. The quantitative estimate of drug-likeness (QED) is 0.795. The average molecular weight is 314 g/mol. The summed E-state index contributed by atoms with van der Waals surface area (Å²) in [5, 5.41) is 0. The molecule has 2 aromatic rings. The maximum absolute atomic E-state index is 12.6. The number of ether oxygens (including phenoxy) is 1. The van der Waals surface area contributed by atoms with Crippen LogP contribution in [0.15, 0.2) is 22.6 Å². The highest BCUT2D eigenvalue weighted by atomic mass is 16.5. The smallest absolute Gasteiger partial charge is 0.338 e. The van der Waals surface area contributed by atoms with Crippen LogP contribution in [-0.2, 0) is 17.7 Å². The number of oxazole rings is 1. The molecule has 1 amide bonds. The minimum Gasteiger partial charge on any atom is -0.465 e. The lowest BCUT2D eigenvalue weighted by molar-refractivity contribution is 0.0598. The van der Waals surface area contributed by atoms with Crippen LogP contribution in [0.2, 0.25) is 0 Å². The molecule has 0 bridgehead atoms. The first-order valence-corrected chi connectivity index (χ1v) is 7.43. The van der Waals surface area contributed by atoms with Crippen LogP contribution in [0.1, 0.15) is 43.6 Å². The summed E-state index contributed by atoms with van der Waals surface area (Å²) < 4.78 is 10.2. The van der Waals surface area contributed by atoms with Crippen molar-refractivity contribution in [2.45, 2.75) is 26.8 Å². The van der Waals surface area contributed by atoms with E-state index in [-0.39, 0.29) is 11.9 Å². The molecular formula is C17H18N2O4. The second-order valence-corrected chi connectivity index (χ2v) is 5.55. The van der Waals surface area contributed by atoms with E-state index in [9.17, 15) is 9.59 Å². The third kappa shape index (κ3) is 2.72. The molecule has 1 aliphatic rings. The van der Waals surface area contributed by atoms with Gasteiger partial charge in [0.15, 0.2) is 11.6 Å². The van der Waals surface area contributed by atoms with Crippen LogP contribution in [0.5, 0.6) is 0 Å². The van der Waals surface area contributed by atoms with Gasteiger partial charge in [-0.15, -0.1) is 0 Å². The fraction of sp³-hybridized carbons (Fsp3) is 0.353. The highest BCUT2D eigenvalue weighted by Crippen LogP contribution is 2.25. The van der Waals surface area contributed by atoms with Gasteiger partial charge in [0.1, 0.15) is 5.76 Å². The maximum Gasteiger partial charge on any atom is 0.338 e. The lowest BCUT2D eigenvalue weighted by Gasteiger charge is -2.29. The lowest BCUT2D eigenvalue weighted by atomic mass is 9.94. The standard InChI is InChI=1S/C17H18N2O4/c1-10-15(18-11(2)23-10)16(20)19-8-7-13-12(9-19)5-4-6-14(13)17(21)22-3/h4-6H,7-9H2,1-3H3. The highest BCUT2D eigenvalue weighted by molar-refractivity contribution is 5.94. The summed E-state index contributed by atoms with van der Waals surface area (Å²) in [6, 6.07) is 5.50. The number of esters is 1. The molecule has 0 atom stereocenters. The van der Waals surface area contributed by atoms with E-state index in [0.717, 1.165) is 11.1 Å². The zero-order valence-electron chi connectivity index (χ0n) is 13.4. The fourth-order valence-electron chi connectivity index (χ4n) is 2.96. The summed E-state index contributed by atoms with van der Waals surface area (Å²) in [6.07, 6.45) is 0.613. The highest BCUT2D eigenvalue weighted by Gasteiger charge is 2.27. The number of hydrogen-bond donors (Lipinski definition) is 0. The number of hydrogen-bond acceptors (Lipinski definition) is 5. The molecule has 0 spiro atoms. The number of aryl methyl sites for hydroxylation is 2. The number of aromatic nitrogens is 1. The number of carbonyl (C=O) groups excluding carboxylic acids is 2. The molecule has 1 aliphatic heterocycles. The van der Waals surface area contributed by atoms with Gasteiger partial charge in [0, 0.05) is 20.0 Å². The van der Waals surface area contributed by atoms with Crippen LogP contribution < -0.4 is 0 Å². The number of nitrogens with zero attached hydrogens (tertiary/aromatic N) is 2. The Bertz CT molecular complexity index is 779. The van der Waals surface area contributed by atoms with Gasteiger partial charge in [-0.05, 0) is 30.5 Å². The Morgan fingerprint density at radius 2 is 2.09 bits per heavy atom. The van der Waals surface area contributed by atoms with Gasteiger partial charge in [-0.2, -0.15) is 0 Å². The van der Waals surface area contributed by atoms with E-state index in [1.54, 1.807) is 24.8 Å². The third-order valence-electron chi connectivity index (χ3n) is 4.06. The molecule has 0 N–H and O–H groups in total. The molecule has 6 heteroatoms. The molecule has 3 rings (SSSR count). The second kappa shape index (κ2) is 5.87. The Balaban J connectivity index is 1.87. The Hall–Kier alpha value is -2.63. The maximum atomic E-state index is 12.6. The van der Waals surface area contributed by atoms with E-state index in [4.69, 9.17) is 9.15 Å². The zero-order chi connectivity index (χ0) is 16.6. The number of amides is 1. The SMILES string of the molecule is COC(=O)c1cccc2c1CCN(C(=O)c1nc(C)oc1C)C2. The first-order valence-electron chi connectivity index (χ1n) is 7.43. The molecule has 0 saturated carbocycles. The molecule has 6 nitrogen and oxygen atoms in total. The lowest BCUT2D eigenvalue weighted by Crippen LogP contribution is -2.37. The van der Waals surface area contributed by atoms with Gasteiger partial charge in [0.05, 0.1) is 12.7 Å². The Morgan fingerprint density at radius 3 is 2.74 bits per heavy atom. The number of benzene rings is 1. The second-order valence-electron chi connectivity index (χ2n) is 5.55. The van der Waals surface area contributed by atoms with Crippen molar-refractivity contribution in [3.05, 3.63) is 52.2 Å². The molecule has 2 heterocycles. The third-order valence-corrected chi connectivity index (χ3v) is 4.06. The average Bonchev–Trinajstić information content (AvgIpc) is 2.90. The fourth-order valence-corrected chi connectivity index (χ4v) is 2.96. The van der Waals surface area contributed by atoms with Crippen molar-refractivity contribution in [2.75, 3.05) is 13.7 Å². The van der Waals surface area contributed by atoms with Crippen molar-refractivity contribution in [2.24, 2.45) is 0 Å². The number of fused-ring (bicyclic) bond motifs is 1. The minimum absolute atomic E-state index is 0.145. The van der Waals surface area contributed by atoms with Crippen LogP contribution in [0.3, 0.4) is 0 Å². The first kappa shape index (κ1) is 15.3. The predicted molar refractivity (Wildman–Crippen MR) is 82.2 cm³/mol. The van der Waals surface area contributed by atoms with Crippen LogP contribution in [-0.4, -0.2) is 35.4 Å². The summed E-state index contributed by atoms with van der Waals surface area (Å²) >= 11 is 0. The van der Waals surface area contributed by atoms with Crippen LogP contribution in [0.25, 0.3) is 0 Å². The van der Waals surface area contributed by atoms with Crippen LogP contribution >= 0.6 is 0 Å². The number of methoxy groups -OCH3 is 1. The predicted octanol–water partition coefficient (Wildman–Crippen LogP) is 2.28. The Labute approximate surface area is 134 Å². The topological polar surface area (TPSA) is 72.6 Å². The molecule has 0 unspecified atom stereocenters. The molecule has 0 radical (unpaired) electrons. The molecule has 1 aromatic carbocycles. The van der Waals surface area contributed by atoms with Crippen molar-refractivity contribution >= 4 is 11.9 Å². The van der Waals surface area contributed by atoms with Gasteiger partial charge in [-0.3, -0.25) is 4.79 Å². The van der Waals surface area contributed by atoms with Crippen molar-refractivity contribution in [3.8, 4) is 0 Å². The van der Waals surface area contributed by atoms with E-state index in [1.165, 1.54) is 7.11 Å². The van der Waals surface area contributed by atoms with Crippen LogP contribution in [0.4, 0.5) is 0 Å². The van der Waals surface area contributed by atoms with Crippen molar-refractivity contribution < 1.29 is 18.7 Å². The van der Waals surface area contributed by atoms with Crippen LogP contribution in [0, 0.1) is 13.8 Å². The minimum atomic E-state index is -0.343. The van der Waals surface area contributed by atoms with Gasteiger partial charge in [-0.25, -0.2) is 9.78 Å². The normalized spacial score (nSPS) is 13.6. The Kier molecular flexibility index (Phi) is 3.90. The van der Waals surface area contributed by atoms with Crippen molar-refractivity contribution in [3.63, 3.8) is 0 Å². The van der Waals surface area contributed by atoms with Gasteiger partial charge in [-0.1, -0.05) is 12.1 Å². The van der Waals surface area contributed by atoms with E-state index in [0.29, 0.717) is 42.4 Å². The number of rotatable bonds is 2. The van der Waals surface area contributed by atoms with E-state index < -0.39 is 0 Å². The summed E-state index contributed by atoms with van der Waals surface area (Å²) in [5.74, 6) is 0.524. The monoisotopic (exact) mass is 314 g/mol. The molecule has 0 fully saturated rings. The summed E-state index contributed by atoms with van der Waals surface area (Å²) in [6.45, 7) is 4.44. The molecule has 0 aliphatic carbocycles. The van der Waals surface area contributed by atoms with Gasteiger partial charge in [0.2, 0.25) is 0 Å². The van der Waals surface area contributed by atoms with E-state index >= 15 is 0 Å².